The van der Waals surface area contributed by atoms with Crippen molar-refractivity contribution in [3.8, 4) is 22.4 Å². The monoisotopic (exact) mass is 336 g/mol. The molecular formula is C23H16N2O. The number of nitrogens with zero attached hydrogens (tertiary/aromatic N) is 2. The first-order valence-corrected chi connectivity index (χ1v) is 8.60. The third-order valence-corrected chi connectivity index (χ3v) is 4.75. The number of hydrogen-bond acceptors (Lipinski definition) is 3. The smallest absolute Gasteiger partial charge is 0.227 e. The van der Waals surface area contributed by atoms with Gasteiger partial charge in [-0.25, -0.2) is 4.98 Å². The van der Waals surface area contributed by atoms with Crippen molar-refractivity contribution >= 4 is 22.1 Å². The van der Waals surface area contributed by atoms with Crippen molar-refractivity contribution in [2.45, 2.75) is 6.92 Å². The molecule has 5 aromatic rings. The van der Waals surface area contributed by atoms with Crippen LogP contribution in [0, 0.1) is 6.92 Å². The number of pyridine rings is 2. The van der Waals surface area contributed by atoms with Crippen molar-refractivity contribution in [1.82, 2.24) is 9.97 Å². The molecule has 3 heterocycles. The minimum atomic E-state index is 0.662. The Morgan fingerprint density at radius 1 is 0.731 bits per heavy atom. The normalized spacial score (nSPS) is 11.3. The van der Waals surface area contributed by atoms with Gasteiger partial charge in [-0.05, 0) is 36.2 Å². The summed E-state index contributed by atoms with van der Waals surface area (Å²) in [5, 5.41) is 2.10. The molecule has 0 radical (unpaired) electrons. The second-order valence-corrected chi connectivity index (χ2v) is 6.39. The van der Waals surface area contributed by atoms with Crippen LogP contribution < -0.4 is 0 Å². The molecule has 0 aliphatic rings. The Morgan fingerprint density at radius 2 is 1.62 bits per heavy atom. The zero-order valence-corrected chi connectivity index (χ0v) is 14.3. The molecule has 0 bridgehead atoms. The lowest BCUT2D eigenvalue weighted by Crippen LogP contribution is -1.89. The van der Waals surface area contributed by atoms with Crippen molar-refractivity contribution in [1.29, 1.82) is 0 Å². The van der Waals surface area contributed by atoms with E-state index in [4.69, 9.17) is 9.40 Å². The number of aryl methyl sites for hydroxylation is 1. The molecule has 0 aliphatic carbocycles. The number of furan rings is 1. The molecule has 2 aromatic carbocycles. The largest absolute Gasteiger partial charge is 0.437 e. The van der Waals surface area contributed by atoms with Crippen molar-refractivity contribution in [3.63, 3.8) is 0 Å². The van der Waals surface area contributed by atoms with Gasteiger partial charge in [0.1, 0.15) is 5.58 Å². The molecule has 0 unspecified atom stereocenters. The predicted molar refractivity (Wildman–Crippen MR) is 105 cm³/mol. The SMILES string of the molecule is Cc1ccc2c(oc3ncccc32)c1-c1ccc(-c2ccccc2)cn1. The molecule has 124 valence electrons. The highest BCUT2D eigenvalue weighted by Crippen LogP contribution is 2.36. The van der Waals surface area contributed by atoms with E-state index in [1.807, 2.05) is 36.5 Å². The van der Waals surface area contributed by atoms with Gasteiger partial charge in [0, 0.05) is 34.3 Å². The van der Waals surface area contributed by atoms with Crippen molar-refractivity contribution in [2.75, 3.05) is 0 Å². The van der Waals surface area contributed by atoms with Crippen molar-refractivity contribution in [2.24, 2.45) is 0 Å². The van der Waals surface area contributed by atoms with Crippen LogP contribution in [0.15, 0.2) is 83.5 Å². The molecule has 26 heavy (non-hydrogen) atoms. The standard InChI is InChI=1S/C23H16N2O/c1-15-9-11-18-19-8-5-13-24-23(19)26-22(18)21(15)20-12-10-17(14-25-20)16-6-3-2-4-7-16/h2-14H,1H3. The third kappa shape index (κ3) is 2.29. The quantitative estimate of drug-likeness (QED) is 0.396. The Kier molecular flexibility index (Phi) is 3.32. The lowest BCUT2D eigenvalue weighted by atomic mass is 10.00. The summed E-state index contributed by atoms with van der Waals surface area (Å²) in [6.45, 7) is 2.09. The van der Waals surface area contributed by atoms with Gasteiger partial charge in [-0.3, -0.25) is 4.98 Å². The van der Waals surface area contributed by atoms with Crippen LogP contribution in [-0.2, 0) is 0 Å². The summed E-state index contributed by atoms with van der Waals surface area (Å²) in [7, 11) is 0. The zero-order valence-electron chi connectivity index (χ0n) is 14.3. The van der Waals surface area contributed by atoms with Crippen LogP contribution in [0.1, 0.15) is 5.56 Å². The maximum atomic E-state index is 6.08. The highest BCUT2D eigenvalue weighted by atomic mass is 16.3. The van der Waals surface area contributed by atoms with E-state index < -0.39 is 0 Å². The number of aromatic nitrogens is 2. The first-order valence-electron chi connectivity index (χ1n) is 8.60. The Labute approximate surface area is 151 Å². The van der Waals surface area contributed by atoms with Gasteiger partial charge in [0.05, 0.1) is 5.69 Å². The minimum absolute atomic E-state index is 0.662. The summed E-state index contributed by atoms with van der Waals surface area (Å²) in [4.78, 5) is 9.08. The van der Waals surface area contributed by atoms with E-state index in [0.29, 0.717) is 5.71 Å². The van der Waals surface area contributed by atoms with E-state index in [1.54, 1.807) is 6.20 Å². The van der Waals surface area contributed by atoms with Crippen LogP contribution in [0.25, 0.3) is 44.5 Å². The first-order chi connectivity index (χ1) is 12.8. The van der Waals surface area contributed by atoms with Crippen LogP contribution in [0.5, 0.6) is 0 Å². The van der Waals surface area contributed by atoms with Gasteiger partial charge in [0.15, 0.2) is 0 Å². The van der Waals surface area contributed by atoms with Crippen molar-refractivity contribution in [3.05, 3.63) is 84.7 Å². The van der Waals surface area contributed by atoms with Gasteiger partial charge in [0.25, 0.3) is 0 Å². The fourth-order valence-electron chi connectivity index (χ4n) is 3.43. The Hall–Kier alpha value is -3.46. The second-order valence-electron chi connectivity index (χ2n) is 6.39. The summed E-state index contributed by atoms with van der Waals surface area (Å²) >= 11 is 0. The molecule has 5 rings (SSSR count). The molecule has 3 heteroatoms. The lowest BCUT2D eigenvalue weighted by molar-refractivity contribution is 0.654. The number of hydrogen-bond donors (Lipinski definition) is 0. The van der Waals surface area contributed by atoms with Gasteiger partial charge in [-0.2, -0.15) is 0 Å². The van der Waals surface area contributed by atoms with Gasteiger partial charge in [-0.15, -0.1) is 0 Å². The fraction of sp³-hybridized carbons (Fsp3) is 0.0435. The molecule has 3 aromatic heterocycles. The highest BCUT2D eigenvalue weighted by Gasteiger charge is 2.15. The number of benzene rings is 2. The predicted octanol–water partition coefficient (Wildman–Crippen LogP) is 6.02. The number of fused-ring (bicyclic) bond motifs is 3. The molecule has 0 fully saturated rings. The molecule has 0 saturated heterocycles. The van der Waals surface area contributed by atoms with E-state index in [9.17, 15) is 0 Å². The summed E-state index contributed by atoms with van der Waals surface area (Å²) in [6, 6.07) is 22.6. The third-order valence-electron chi connectivity index (χ3n) is 4.75. The fourth-order valence-corrected chi connectivity index (χ4v) is 3.43. The first kappa shape index (κ1) is 14.8. The molecule has 0 atom stereocenters. The average Bonchev–Trinajstić information content (AvgIpc) is 3.07. The summed E-state index contributed by atoms with van der Waals surface area (Å²) < 4.78 is 6.08. The van der Waals surface area contributed by atoms with Gasteiger partial charge in [-0.1, -0.05) is 48.5 Å². The summed E-state index contributed by atoms with van der Waals surface area (Å²) in [5.74, 6) is 0. The van der Waals surface area contributed by atoms with Crippen LogP contribution in [0.4, 0.5) is 0 Å². The van der Waals surface area contributed by atoms with E-state index in [0.717, 1.165) is 44.3 Å². The van der Waals surface area contributed by atoms with Crippen LogP contribution in [-0.4, -0.2) is 9.97 Å². The van der Waals surface area contributed by atoms with Crippen molar-refractivity contribution < 1.29 is 4.42 Å². The van der Waals surface area contributed by atoms with E-state index >= 15 is 0 Å². The molecule has 0 N–H and O–H groups in total. The Bertz CT molecular complexity index is 1220. The van der Waals surface area contributed by atoms with Gasteiger partial charge < -0.3 is 4.42 Å². The van der Waals surface area contributed by atoms with E-state index in [-0.39, 0.29) is 0 Å². The van der Waals surface area contributed by atoms with Crippen LogP contribution in [0.2, 0.25) is 0 Å². The second kappa shape index (κ2) is 5.81. The molecule has 0 saturated carbocycles. The highest BCUT2D eigenvalue weighted by molar-refractivity contribution is 6.08. The maximum absolute atomic E-state index is 6.08. The molecule has 0 spiro atoms. The van der Waals surface area contributed by atoms with Gasteiger partial charge in [0.2, 0.25) is 5.71 Å². The molecular weight excluding hydrogens is 320 g/mol. The zero-order chi connectivity index (χ0) is 17.5. The lowest BCUT2D eigenvalue weighted by Gasteiger charge is -2.07. The molecule has 0 amide bonds. The molecule has 0 aliphatic heterocycles. The van der Waals surface area contributed by atoms with E-state index in [2.05, 4.69) is 48.3 Å². The number of rotatable bonds is 2. The maximum Gasteiger partial charge on any atom is 0.227 e. The molecule has 3 nitrogen and oxygen atoms in total. The van der Waals surface area contributed by atoms with Crippen LogP contribution in [0.3, 0.4) is 0 Å². The minimum Gasteiger partial charge on any atom is -0.437 e. The van der Waals surface area contributed by atoms with Crippen LogP contribution >= 0.6 is 0 Å². The average molecular weight is 336 g/mol. The van der Waals surface area contributed by atoms with Gasteiger partial charge >= 0.3 is 0 Å². The topological polar surface area (TPSA) is 38.9 Å². The summed E-state index contributed by atoms with van der Waals surface area (Å²) in [5.41, 5.74) is 6.84. The summed E-state index contributed by atoms with van der Waals surface area (Å²) in [6.07, 6.45) is 3.67. The Morgan fingerprint density at radius 3 is 2.42 bits per heavy atom. The Balaban J connectivity index is 1.70. The van der Waals surface area contributed by atoms with E-state index in [1.165, 1.54) is 0 Å².